The van der Waals surface area contributed by atoms with Crippen molar-refractivity contribution in [3.05, 3.63) is 35.9 Å². The van der Waals surface area contributed by atoms with Gasteiger partial charge in [-0.1, -0.05) is 30.3 Å². The molecule has 2 rings (SSSR count). The molecule has 1 fully saturated rings. The molecule has 0 saturated heterocycles. The Morgan fingerprint density at radius 1 is 1.15 bits per heavy atom. The van der Waals surface area contributed by atoms with Crippen molar-refractivity contribution < 1.29 is 25.2 Å². The lowest BCUT2D eigenvalue weighted by Gasteiger charge is -2.44. The first kappa shape index (κ1) is 15.8. The summed E-state index contributed by atoms with van der Waals surface area (Å²) in [6.07, 6.45) is 1.38. The quantitative estimate of drug-likeness (QED) is 0.356. The summed E-state index contributed by atoms with van der Waals surface area (Å²) in [7, 11) is 2.08. The largest absolute Gasteiger partial charge is 0.358 e. The fourth-order valence-corrected chi connectivity index (χ4v) is 2.51. The van der Waals surface area contributed by atoms with Gasteiger partial charge in [0.05, 0.1) is 11.9 Å². The highest BCUT2D eigenvalue weighted by Gasteiger charge is 2.64. The molecule has 1 aliphatic carbocycles. The highest BCUT2D eigenvalue weighted by molar-refractivity contribution is 7.19. The average Bonchev–Trinajstić information content (AvgIpc) is 3.22. The number of hydrogen-bond acceptors (Lipinski definition) is 6. The molecule has 6 N–H and O–H groups in total. The van der Waals surface area contributed by atoms with E-state index in [2.05, 4.69) is 9.24 Å². The number of aliphatic hydroxyl groups is 4. The topological polar surface area (TPSA) is 116 Å². The van der Waals surface area contributed by atoms with E-state index < -0.39 is 17.0 Å². The zero-order valence-corrected chi connectivity index (χ0v) is 12.1. The summed E-state index contributed by atoms with van der Waals surface area (Å²) in [6.45, 7) is -0.192. The summed E-state index contributed by atoms with van der Waals surface area (Å²) in [6, 6.07) is 8.74. The van der Waals surface area contributed by atoms with E-state index in [1.54, 1.807) is 30.3 Å². The van der Waals surface area contributed by atoms with E-state index in [-0.39, 0.29) is 12.5 Å². The molecule has 0 aliphatic heterocycles. The minimum Gasteiger partial charge on any atom is -0.358 e. The second-order valence-corrected chi connectivity index (χ2v) is 6.22. The molecule has 7 heteroatoms. The van der Waals surface area contributed by atoms with Gasteiger partial charge in [-0.15, -0.1) is 9.24 Å². The van der Waals surface area contributed by atoms with Crippen LogP contribution in [-0.2, 0) is 11.3 Å². The molecule has 1 aromatic carbocycles. The highest BCUT2D eigenvalue weighted by Crippen LogP contribution is 2.49. The smallest absolute Gasteiger partial charge is 0.337 e. The van der Waals surface area contributed by atoms with E-state index in [1.807, 2.05) is 0 Å². The predicted molar refractivity (Wildman–Crippen MR) is 74.9 cm³/mol. The van der Waals surface area contributed by atoms with E-state index in [9.17, 15) is 20.4 Å². The summed E-state index contributed by atoms with van der Waals surface area (Å²) in [5.74, 6) is -6.41. The Morgan fingerprint density at radius 3 is 2.20 bits per heavy atom. The second kappa shape index (κ2) is 5.31. The van der Waals surface area contributed by atoms with Crippen LogP contribution < -0.4 is 5.73 Å². The third kappa shape index (κ3) is 2.87. The van der Waals surface area contributed by atoms with Gasteiger partial charge < -0.3 is 30.9 Å². The van der Waals surface area contributed by atoms with E-state index in [0.717, 1.165) is 0 Å². The minimum atomic E-state index is -3.18. The van der Waals surface area contributed by atoms with Gasteiger partial charge in [-0.05, 0) is 24.3 Å². The van der Waals surface area contributed by atoms with Crippen molar-refractivity contribution in [3.8, 4) is 0 Å². The van der Waals surface area contributed by atoms with Gasteiger partial charge in [0.1, 0.15) is 0 Å². The Labute approximate surface area is 119 Å². The van der Waals surface area contributed by atoms with Gasteiger partial charge in [-0.25, -0.2) is 0 Å². The molecule has 20 heavy (non-hydrogen) atoms. The van der Waals surface area contributed by atoms with Crippen LogP contribution in [0.4, 0.5) is 0 Å². The van der Waals surface area contributed by atoms with Gasteiger partial charge >= 0.3 is 5.97 Å². The van der Waals surface area contributed by atoms with Gasteiger partial charge in [-0.2, -0.15) is 0 Å². The monoisotopic (exact) mass is 301 g/mol. The van der Waals surface area contributed by atoms with Gasteiger partial charge in [0.2, 0.25) is 0 Å². The number of nitrogens with two attached hydrogens (primary N) is 1. The normalized spacial score (nSPS) is 19.7. The summed E-state index contributed by atoms with van der Waals surface area (Å²) >= 11 is 0. The zero-order valence-electron chi connectivity index (χ0n) is 10.9. The van der Waals surface area contributed by atoms with Crippen LogP contribution >= 0.6 is 9.24 Å². The van der Waals surface area contributed by atoms with Crippen molar-refractivity contribution in [2.45, 2.75) is 36.5 Å². The van der Waals surface area contributed by atoms with Gasteiger partial charge in [0.15, 0.2) is 0 Å². The summed E-state index contributed by atoms with van der Waals surface area (Å²) in [4.78, 5) is 0. The van der Waals surface area contributed by atoms with Crippen molar-refractivity contribution >= 4 is 9.24 Å². The lowest BCUT2D eigenvalue weighted by Crippen LogP contribution is -2.71. The van der Waals surface area contributed by atoms with Crippen LogP contribution in [0.1, 0.15) is 18.4 Å². The Hall–Kier alpha value is -0.590. The van der Waals surface area contributed by atoms with E-state index >= 15 is 0 Å². The van der Waals surface area contributed by atoms with Gasteiger partial charge in [0, 0.05) is 0 Å². The maximum absolute atomic E-state index is 10.0. The molecule has 2 unspecified atom stereocenters. The van der Waals surface area contributed by atoms with Crippen molar-refractivity contribution in [1.29, 1.82) is 0 Å². The lowest BCUT2D eigenvalue weighted by molar-refractivity contribution is -0.471. The van der Waals surface area contributed by atoms with Crippen molar-refractivity contribution in [1.82, 2.24) is 0 Å². The molecule has 0 amide bonds. The lowest BCUT2D eigenvalue weighted by atomic mass is 9.99. The van der Waals surface area contributed by atoms with Crippen LogP contribution in [0.15, 0.2) is 30.3 Å². The molecule has 0 aromatic heterocycles. The van der Waals surface area contributed by atoms with Crippen LogP contribution in [0.25, 0.3) is 0 Å². The zero-order chi connectivity index (χ0) is 15.0. The Balaban J connectivity index is 2.08. The fraction of sp³-hybridized carbons (Fsp3) is 0.538. The molecule has 1 aromatic rings. The number of benzene rings is 1. The number of hydrogen-bond donors (Lipinski definition) is 5. The molecule has 0 radical (unpaired) electrons. The first-order valence-corrected chi connectivity index (χ1v) is 6.91. The molecular formula is C13H20NO5P. The van der Waals surface area contributed by atoms with Crippen LogP contribution in [0.5, 0.6) is 0 Å². The van der Waals surface area contributed by atoms with Crippen molar-refractivity contribution in [3.63, 3.8) is 0 Å². The maximum atomic E-state index is 10.0. The van der Waals surface area contributed by atoms with Crippen LogP contribution in [0.2, 0.25) is 0 Å². The number of ether oxygens (including phenoxy) is 1. The van der Waals surface area contributed by atoms with E-state index in [0.29, 0.717) is 18.4 Å². The highest BCUT2D eigenvalue weighted by atomic mass is 31.0. The van der Waals surface area contributed by atoms with E-state index in [4.69, 9.17) is 10.5 Å². The molecular weight excluding hydrogens is 281 g/mol. The average molecular weight is 301 g/mol. The molecule has 0 heterocycles. The molecule has 0 spiro atoms. The maximum Gasteiger partial charge on any atom is 0.337 e. The molecule has 2 atom stereocenters. The van der Waals surface area contributed by atoms with Crippen LogP contribution in [0, 0.1) is 5.92 Å². The SMILES string of the molecule is NC(P)(C1CC1)C(O)(O)C(O)(O)OCc1ccccc1. The Bertz CT molecular complexity index is 459. The molecule has 1 saturated carbocycles. The second-order valence-electron chi connectivity index (χ2n) is 5.26. The third-order valence-corrected chi connectivity index (χ3v) is 4.47. The Kier molecular flexibility index (Phi) is 4.19. The fourth-order valence-electron chi connectivity index (χ4n) is 1.99. The first-order valence-electron chi connectivity index (χ1n) is 6.33. The number of rotatable bonds is 6. The summed E-state index contributed by atoms with van der Waals surface area (Å²) in [5, 5.41) is 38.1. The van der Waals surface area contributed by atoms with Crippen molar-refractivity contribution in [2.75, 3.05) is 0 Å². The summed E-state index contributed by atoms with van der Waals surface area (Å²) < 4.78 is 4.86. The standard InChI is InChI=1S/C13H20NO5P/c14-11(20,10-6-7-10)12(15,16)13(17,18)19-8-9-4-2-1-3-5-9/h1-5,10,15-18H,6-8,14,20H2. The first-order chi connectivity index (χ1) is 9.18. The molecule has 112 valence electrons. The minimum absolute atomic E-state index is 0.192. The van der Waals surface area contributed by atoms with Crippen molar-refractivity contribution in [2.24, 2.45) is 11.7 Å². The predicted octanol–water partition coefficient (Wildman–Crippen LogP) is -0.537. The molecule has 0 bridgehead atoms. The molecule has 1 aliphatic rings. The Morgan fingerprint density at radius 2 is 1.70 bits per heavy atom. The van der Waals surface area contributed by atoms with E-state index in [1.165, 1.54) is 0 Å². The van der Waals surface area contributed by atoms with Crippen LogP contribution in [-0.4, -0.2) is 37.5 Å². The van der Waals surface area contributed by atoms with Gasteiger partial charge in [-0.3, -0.25) is 0 Å². The molecule has 6 nitrogen and oxygen atoms in total. The van der Waals surface area contributed by atoms with Crippen LogP contribution in [0.3, 0.4) is 0 Å². The third-order valence-electron chi connectivity index (χ3n) is 3.59. The summed E-state index contributed by atoms with van der Waals surface area (Å²) in [5.41, 5.74) is 6.48. The van der Waals surface area contributed by atoms with Gasteiger partial charge in [0.25, 0.3) is 5.79 Å².